The predicted molar refractivity (Wildman–Crippen MR) is 86.8 cm³/mol. The minimum Gasteiger partial charge on any atom is -0.489 e. The van der Waals surface area contributed by atoms with Crippen molar-refractivity contribution >= 4 is 5.91 Å². The third-order valence-corrected chi connectivity index (χ3v) is 3.42. The molecule has 1 aromatic heterocycles. The van der Waals surface area contributed by atoms with Gasteiger partial charge in [0.2, 0.25) is 5.91 Å². The molecule has 0 saturated carbocycles. The highest BCUT2D eigenvalue weighted by Gasteiger charge is 2.11. The number of aryl methyl sites for hydroxylation is 1. The van der Waals surface area contributed by atoms with E-state index >= 15 is 0 Å². The predicted octanol–water partition coefficient (Wildman–Crippen LogP) is 3.05. The first kappa shape index (κ1) is 16.9. The van der Waals surface area contributed by atoms with Gasteiger partial charge in [0.15, 0.2) is 0 Å². The van der Waals surface area contributed by atoms with Crippen molar-refractivity contribution in [3.63, 3.8) is 0 Å². The van der Waals surface area contributed by atoms with Crippen LogP contribution in [0.4, 0.5) is 4.39 Å². The zero-order valence-electron chi connectivity index (χ0n) is 13.4. The summed E-state index contributed by atoms with van der Waals surface area (Å²) in [6.45, 7) is 4.24. The molecule has 0 fully saturated rings. The van der Waals surface area contributed by atoms with Gasteiger partial charge in [0.1, 0.15) is 17.7 Å². The Morgan fingerprint density at radius 3 is 2.83 bits per heavy atom. The molecule has 2 rings (SSSR count). The second-order valence-corrected chi connectivity index (χ2v) is 5.39. The first-order valence-corrected chi connectivity index (χ1v) is 7.67. The number of benzene rings is 1. The number of pyridine rings is 1. The van der Waals surface area contributed by atoms with Gasteiger partial charge >= 0.3 is 0 Å². The minimum atomic E-state index is -0.340. The van der Waals surface area contributed by atoms with Crippen molar-refractivity contribution in [2.45, 2.75) is 32.8 Å². The number of ether oxygens (including phenoxy) is 1. The van der Waals surface area contributed by atoms with E-state index in [4.69, 9.17) is 4.74 Å². The third kappa shape index (κ3) is 5.70. The molecule has 0 bridgehead atoms. The molecule has 0 aliphatic heterocycles. The van der Waals surface area contributed by atoms with Gasteiger partial charge in [-0.05, 0) is 37.1 Å². The molecule has 1 heterocycles. The van der Waals surface area contributed by atoms with Crippen molar-refractivity contribution in [2.75, 3.05) is 6.54 Å². The zero-order chi connectivity index (χ0) is 16.7. The molecule has 0 unspecified atom stereocenters. The van der Waals surface area contributed by atoms with Crippen LogP contribution in [0.25, 0.3) is 0 Å². The molecule has 122 valence electrons. The first-order chi connectivity index (χ1) is 11.1. The third-order valence-electron chi connectivity index (χ3n) is 3.42. The van der Waals surface area contributed by atoms with E-state index in [1.807, 2.05) is 26.0 Å². The van der Waals surface area contributed by atoms with E-state index in [1.54, 1.807) is 18.3 Å². The van der Waals surface area contributed by atoms with E-state index < -0.39 is 0 Å². The summed E-state index contributed by atoms with van der Waals surface area (Å²) in [7, 11) is 0. The van der Waals surface area contributed by atoms with Gasteiger partial charge in [-0.3, -0.25) is 9.78 Å². The van der Waals surface area contributed by atoms with Crippen molar-refractivity contribution in [2.24, 2.45) is 0 Å². The van der Waals surface area contributed by atoms with Crippen molar-refractivity contribution in [1.29, 1.82) is 0 Å². The molecule has 0 aliphatic rings. The first-order valence-electron chi connectivity index (χ1n) is 7.67. The summed E-state index contributed by atoms with van der Waals surface area (Å²) in [5.41, 5.74) is 1.79. The molecule has 0 saturated heterocycles. The average molecular weight is 316 g/mol. The van der Waals surface area contributed by atoms with Gasteiger partial charge in [0.25, 0.3) is 0 Å². The number of amides is 1. The number of halogens is 1. The Bertz CT molecular complexity index is 644. The molecule has 1 atom stereocenters. The summed E-state index contributed by atoms with van der Waals surface area (Å²) in [6, 6.07) is 9.77. The number of nitrogens with zero attached hydrogens (tertiary/aromatic N) is 1. The van der Waals surface area contributed by atoms with Gasteiger partial charge in [-0.1, -0.05) is 19.1 Å². The fourth-order valence-electron chi connectivity index (χ4n) is 2.08. The summed E-state index contributed by atoms with van der Waals surface area (Å²) >= 11 is 0. The van der Waals surface area contributed by atoms with E-state index in [9.17, 15) is 9.18 Å². The largest absolute Gasteiger partial charge is 0.489 e. The summed E-state index contributed by atoms with van der Waals surface area (Å²) in [5.74, 6) is 0.0408. The number of carbonyl (C=O) groups is 1. The molecular formula is C18H21FN2O2. The number of rotatable bonds is 7. The van der Waals surface area contributed by atoms with Crippen molar-refractivity contribution in [1.82, 2.24) is 10.3 Å². The molecular weight excluding hydrogens is 295 g/mol. The maximum Gasteiger partial charge on any atom is 0.224 e. The lowest BCUT2D eigenvalue weighted by Crippen LogP contribution is -2.35. The Morgan fingerprint density at radius 1 is 1.35 bits per heavy atom. The van der Waals surface area contributed by atoms with E-state index in [1.165, 1.54) is 12.1 Å². The van der Waals surface area contributed by atoms with Crippen LogP contribution < -0.4 is 10.1 Å². The van der Waals surface area contributed by atoms with E-state index in [-0.39, 0.29) is 24.2 Å². The molecule has 2 aromatic rings. The summed E-state index contributed by atoms with van der Waals surface area (Å²) in [6.07, 6.45) is 2.50. The lowest BCUT2D eigenvalue weighted by molar-refractivity contribution is -0.120. The molecule has 1 amide bonds. The fourth-order valence-corrected chi connectivity index (χ4v) is 2.08. The van der Waals surface area contributed by atoms with Gasteiger partial charge in [-0.2, -0.15) is 0 Å². The zero-order valence-corrected chi connectivity index (χ0v) is 13.4. The molecule has 23 heavy (non-hydrogen) atoms. The van der Waals surface area contributed by atoms with E-state index in [0.29, 0.717) is 18.7 Å². The molecule has 1 aromatic carbocycles. The van der Waals surface area contributed by atoms with Crippen LogP contribution in [0.5, 0.6) is 5.75 Å². The topological polar surface area (TPSA) is 51.2 Å². The van der Waals surface area contributed by atoms with Crippen LogP contribution in [-0.4, -0.2) is 23.5 Å². The SMILES string of the molecule is CC[C@@H](CNC(=O)Cc1ccc(C)nc1)Oc1cccc(F)c1. The van der Waals surface area contributed by atoms with Crippen molar-refractivity contribution < 1.29 is 13.9 Å². The number of nitrogens with one attached hydrogen (secondary N) is 1. The average Bonchev–Trinajstić information content (AvgIpc) is 2.53. The highest BCUT2D eigenvalue weighted by Crippen LogP contribution is 2.14. The number of hydrogen-bond acceptors (Lipinski definition) is 3. The van der Waals surface area contributed by atoms with Gasteiger partial charge in [0.05, 0.1) is 13.0 Å². The molecule has 0 aliphatic carbocycles. The maximum absolute atomic E-state index is 13.2. The Morgan fingerprint density at radius 2 is 2.17 bits per heavy atom. The van der Waals surface area contributed by atoms with Gasteiger partial charge in [-0.15, -0.1) is 0 Å². The van der Waals surface area contributed by atoms with Crippen LogP contribution in [0.2, 0.25) is 0 Å². The normalized spacial score (nSPS) is 11.8. The smallest absolute Gasteiger partial charge is 0.224 e. The minimum absolute atomic E-state index is 0.0862. The van der Waals surface area contributed by atoms with Crippen molar-refractivity contribution in [3.8, 4) is 5.75 Å². The molecule has 0 spiro atoms. The Balaban J connectivity index is 1.82. The Hall–Kier alpha value is -2.43. The summed E-state index contributed by atoms with van der Waals surface area (Å²) in [5, 5.41) is 2.85. The van der Waals surface area contributed by atoms with Crippen LogP contribution in [0.15, 0.2) is 42.6 Å². The second kappa shape index (κ2) is 8.27. The lowest BCUT2D eigenvalue weighted by atomic mass is 10.2. The van der Waals surface area contributed by atoms with Crippen LogP contribution in [0, 0.1) is 12.7 Å². The highest BCUT2D eigenvalue weighted by molar-refractivity contribution is 5.78. The molecule has 4 nitrogen and oxygen atoms in total. The van der Waals surface area contributed by atoms with Gasteiger partial charge in [0, 0.05) is 18.0 Å². The van der Waals surface area contributed by atoms with E-state index in [2.05, 4.69) is 10.3 Å². The van der Waals surface area contributed by atoms with Gasteiger partial charge < -0.3 is 10.1 Å². The van der Waals surface area contributed by atoms with Crippen LogP contribution in [0.1, 0.15) is 24.6 Å². The standard InChI is InChI=1S/C18H21FN2O2/c1-3-16(23-17-6-4-5-15(19)10-17)12-21-18(22)9-14-8-7-13(2)20-11-14/h4-8,10-11,16H,3,9,12H2,1-2H3,(H,21,22)/t16-/m0/s1. The molecule has 5 heteroatoms. The fraction of sp³-hybridized carbons (Fsp3) is 0.333. The summed E-state index contributed by atoms with van der Waals surface area (Å²) < 4.78 is 18.8. The van der Waals surface area contributed by atoms with Crippen LogP contribution in [0.3, 0.4) is 0 Å². The van der Waals surface area contributed by atoms with E-state index in [0.717, 1.165) is 11.3 Å². The van der Waals surface area contributed by atoms with Crippen molar-refractivity contribution in [3.05, 3.63) is 59.7 Å². The monoisotopic (exact) mass is 316 g/mol. The van der Waals surface area contributed by atoms with Gasteiger partial charge in [-0.25, -0.2) is 4.39 Å². The lowest BCUT2D eigenvalue weighted by Gasteiger charge is -2.18. The maximum atomic E-state index is 13.2. The number of carbonyl (C=O) groups excluding carboxylic acids is 1. The van der Waals surface area contributed by atoms with Crippen LogP contribution in [-0.2, 0) is 11.2 Å². The Labute approximate surface area is 135 Å². The van der Waals surface area contributed by atoms with Crippen LogP contribution >= 0.6 is 0 Å². The summed E-state index contributed by atoms with van der Waals surface area (Å²) in [4.78, 5) is 16.1. The molecule has 0 radical (unpaired) electrons. The second-order valence-electron chi connectivity index (χ2n) is 5.39. The highest BCUT2D eigenvalue weighted by atomic mass is 19.1. The molecule has 1 N–H and O–H groups in total. The number of hydrogen-bond donors (Lipinski definition) is 1. The Kier molecular flexibility index (Phi) is 6.09. The quantitative estimate of drug-likeness (QED) is 0.854. The number of aromatic nitrogens is 1.